The SMILES string of the molecule is COc1ccccc1C(=O)NC1N=C(c2ccccc2)c2cc(C)cc3c2N(CC3)C1=O. The van der Waals surface area contributed by atoms with E-state index in [0.717, 1.165) is 34.4 Å². The van der Waals surface area contributed by atoms with E-state index in [1.807, 2.05) is 30.3 Å². The Hall–Kier alpha value is -3.93. The van der Waals surface area contributed by atoms with Crippen LogP contribution in [0, 0.1) is 6.92 Å². The highest BCUT2D eigenvalue weighted by Gasteiger charge is 2.37. The number of hydrogen-bond acceptors (Lipinski definition) is 4. The third kappa shape index (κ3) is 3.34. The van der Waals surface area contributed by atoms with Crippen molar-refractivity contribution >= 4 is 23.2 Å². The Labute approximate surface area is 186 Å². The molecule has 6 heteroatoms. The zero-order chi connectivity index (χ0) is 22.2. The summed E-state index contributed by atoms with van der Waals surface area (Å²) in [4.78, 5) is 33.2. The van der Waals surface area contributed by atoms with Gasteiger partial charge >= 0.3 is 0 Å². The molecule has 5 rings (SSSR count). The molecular formula is C26H23N3O3. The Morgan fingerprint density at radius 3 is 2.62 bits per heavy atom. The zero-order valence-corrected chi connectivity index (χ0v) is 18.0. The minimum atomic E-state index is -1.04. The Balaban J connectivity index is 1.62. The van der Waals surface area contributed by atoms with E-state index >= 15 is 0 Å². The molecule has 2 aliphatic heterocycles. The van der Waals surface area contributed by atoms with Gasteiger partial charge in [0.2, 0.25) is 6.17 Å². The van der Waals surface area contributed by atoms with Crippen LogP contribution in [-0.2, 0) is 11.2 Å². The molecule has 0 fully saturated rings. The van der Waals surface area contributed by atoms with E-state index < -0.39 is 12.1 Å². The number of hydrogen-bond donors (Lipinski definition) is 1. The van der Waals surface area contributed by atoms with Gasteiger partial charge in [0.05, 0.1) is 24.1 Å². The molecule has 2 heterocycles. The van der Waals surface area contributed by atoms with Crippen LogP contribution >= 0.6 is 0 Å². The molecule has 32 heavy (non-hydrogen) atoms. The molecule has 160 valence electrons. The van der Waals surface area contributed by atoms with Crippen molar-refractivity contribution in [3.63, 3.8) is 0 Å². The van der Waals surface area contributed by atoms with Gasteiger partial charge in [-0.2, -0.15) is 0 Å². The molecule has 1 N–H and O–H groups in total. The van der Waals surface area contributed by atoms with Crippen LogP contribution in [0.15, 0.2) is 71.7 Å². The number of para-hydroxylation sites is 1. The van der Waals surface area contributed by atoms with Crippen molar-refractivity contribution in [2.24, 2.45) is 4.99 Å². The largest absolute Gasteiger partial charge is 0.496 e. The van der Waals surface area contributed by atoms with Gasteiger partial charge in [-0.1, -0.05) is 54.1 Å². The third-order valence-corrected chi connectivity index (χ3v) is 5.89. The molecular weight excluding hydrogens is 402 g/mol. The quantitative estimate of drug-likeness (QED) is 0.696. The van der Waals surface area contributed by atoms with Crippen molar-refractivity contribution in [1.29, 1.82) is 0 Å². The van der Waals surface area contributed by atoms with Crippen LogP contribution in [0.1, 0.15) is 32.6 Å². The molecule has 3 aromatic carbocycles. The minimum absolute atomic E-state index is 0.233. The van der Waals surface area contributed by atoms with E-state index in [2.05, 4.69) is 24.4 Å². The minimum Gasteiger partial charge on any atom is -0.496 e. The lowest BCUT2D eigenvalue weighted by molar-refractivity contribution is -0.120. The van der Waals surface area contributed by atoms with Crippen LogP contribution in [0.3, 0.4) is 0 Å². The third-order valence-electron chi connectivity index (χ3n) is 5.89. The number of anilines is 1. The topological polar surface area (TPSA) is 71.0 Å². The molecule has 0 aliphatic carbocycles. The summed E-state index contributed by atoms with van der Waals surface area (Å²) in [6.45, 7) is 2.62. The molecule has 0 radical (unpaired) electrons. The number of methoxy groups -OCH3 is 1. The molecule has 0 spiro atoms. The highest BCUT2D eigenvalue weighted by atomic mass is 16.5. The number of nitrogens with one attached hydrogen (secondary N) is 1. The molecule has 2 amide bonds. The summed E-state index contributed by atoms with van der Waals surface area (Å²) in [5, 5.41) is 2.84. The lowest BCUT2D eigenvalue weighted by Crippen LogP contribution is -2.47. The van der Waals surface area contributed by atoms with Crippen molar-refractivity contribution < 1.29 is 14.3 Å². The second-order valence-corrected chi connectivity index (χ2v) is 7.98. The summed E-state index contributed by atoms with van der Waals surface area (Å²) in [5.41, 5.74) is 6.04. The van der Waals surface area contributed by atoms with Crippen LogP contribution in [0.4, 0.5) is 5.69 Å². The fourth-order valence-corrected chi connectivity index (χ4v) is 4.46. The fraction of sp³-hybridized carbons (Fsp3) is 0.192. The zero-order valence-electron chi connectivity index (χ0n) is 18.0. The van der Waals surface area contributed by atoms with Crippen LogP contribution in [0.25, 0.3) is 0 Å². The lowest BCUT2D eigenvalue weighted by Gasteiger charge is -2.21. The van der Waals surface area contributed by atoms with Crippen LogP contribution < -0.4 is 15.0 Å². The summed E-state index contributed by atoms with van der Waals surface area (Å²) in [6, 6.07) is 20.9. The van der Waals surface area contributed by atoms with Crippen molar-refractivity contribution in [2.45, 2.75) is 19.5 Å². The number of aryl methyl sites for hydroxylation is 1. The summed E-state index contributed by atoms with van der Waals surface area (Å²) in [6.07, 6.45) is -0.258. The normalized spacial score (nSPS) is 16.8. The van der Waals surface area contributed by atoms with Gasteiger partial charge in [0.15, 0.2) is 0 Å². The first-order valence-corrected chi connectivity index (χ1v) is 10.6. The van der Waals surface area contributed by atoms with Gasteiger partial charge in [0.25, 0.3) is 11.8 Å². The van der Waals surface area contributed by atoms with E-state index in [9.17, 15) is 9.59 Å². The summed E-state index contributed by atoms with van der Waals surface area (Å²) < 4.78 is 5.32. The number of amides is 2. The molecule has 0 bridgehead atoms. The Morgan fingerprint density at radius 1 is 1.09 bits per heavy atom. The van der Waals surface area contributed by atoms with Crippen molar-refractivity contribution in [3.8, 4) is 5.75 Å². The maximum Gasteiger partial charge on any atom is 0.272 e. The smallest absolute Gasteiger partial charge is 0.272 e. The fourth-order valence-electron chi connectivity index (χ4n) is 4.46. The second-order valence-electron chi connectivity index (χ2n) is 7.98. The van der Waals surface area contributed by atoms with Gasteiger partial charge in [-0.3, -0.25) is 9.59 Å². The molecule has 6 nitrogen and oxygen atoms in total. The monoisotopic (exact) mass is 425 g/mol. The van der Waals surface area contributed by atoms with Crippen molar-refractivity contribution in [1.82, 2.24) is 5.32 Å². The Bertz CT molecular complexity index is 1250. The first-order chi connectivity index (χ1) is 15.6. The number of rotatable bonds is 4. The summed E-state index contributed by atoms with van der Waals surface area (Å²) >= 11 is 0. The molecule has 3 aromatic rings. The molecule has 0 saturated heterocycles. The van der Waals surface area contributed by atoms with Crippen LogP contribution in [0.2, 0.25) is 0 Å². The number of ether oxygens (including phenoxy) is 1. The van der Waals surface area contributed by atoms with Crippen LogP contribution in [-0.4, -0.2) is 37.3 Å². The molecule has 1 unspecified atom stereocenters. The van der Waals surface area contributed by atoms with Gasteiger partial charge in [-0.05, 0) is 37.1 Å². The van der Waals surface area contributed by atoms with Gasteiger partial charge in [0.1, 0.15) is 5.75 Å². The Kier molecular flexibility index (Phi) is 4.98. The first kappa shape index (κ1) is 20.0. The number of nitrogens with zero attached hydrogens (tertiary/aromatic N) is 2. The van der Waals surface area contributed by atoms with Gasteiger partial charge in [-0.25, -0.2) is 4.99 Å². The van der Waals surface area contributed by atoms with Gasteiger partial charge in [-0.15, -0.1) is 0 Å². The predicted molar refractivity (Wildman–Crippen MR) is 124 cm³/mol. The number of carbonyl (C=O) groups is 2. The molecule has 1 atom stereocenters. The second kappa shape index (κ2) is 7.96. The summed E-state index contributed by atoms with van der Waals surface area (Å²) in [5.74, 6) is -0.192. The van der Waals surface area contributed by atoms with E-state index in [1.165, 1.54) is 7.11 Å². The highest BCUT2D eigenvalue weighted by molar-refractivity contribution is 6.21. The predicted octanol–water partition coefficient (Wildman–Crippen LogP) is 3.50. The van der Waals surface area contributed by atoms with E-state index in [-0.39, 0.29) is 5.91 Å². The van der Waals surface area contributed by atoms with Crippen LogP contribution in [0.5, 0.6) is 5.75 Å². The van der Waals surface area contributed by atoms with Gasteiger partial charge < -0.3 is 15.0 Å². The lowest BCUT2D eigenvalue weighted by atomic mass is 9.96. The average Bonchev–Trinajstić information content (AvgIpc) is 3.20. The average molecular weight is 425 g/mol. The summed E-state index contributed by atoms with van der Waals surface area (Å²) in [7, 11) is 1.51. The van der Waals surface area contributed by atoms with Crippen molar-refractivity contribution in [3.05, 3.63) is 94.5 Å². The maximum atomic E-state index is 13.5. The molecule has 2 aliphatic rings. The first-order valence-electron chi connectivity index (χ1n) is 10.6. The number of aliphatic imine (C=N–C) groups is 1. The standard InChI is InChI=1S/C26H23N3O3/c1-16-14-18-12-13-29-23(18)20(15-16)22(17-8-4-3-5-9-17)27-24(26(29)31)28-25(30)19-10-6-7-11-21(19)32-2/h3-11,14-15,24H,12-13H2,1-2H3,(H,28,30). The number of carbonyl (C=O) groups excluding carboxylic acids is 2. The molecule has 0 aromatic heterocycles. The van der Waals surface area contributed by atoms with E-state index in [4.69, 9.17) is 9.73 Å². The Morgan fingerprint density at radius 2 is 1.84 bits per heavy atom. The molecule has 0 saturated carbocycles. The van der Waals surface area contributed by atoms with E-state index in [0.29, 0.717) is 23.6 Å². The van der Waals surface area contributed by atoms with Gasteiger partial charge in [0, 0.05) is 17.7 Å². The highest BCUT2D eigenvalue weighted by Crippen LogP contribution is 2.37. The number of benzene rings is 3. The van der Waals surface area contributed by atoms with Crippen molar-refractivity contribution in [2.75, 3.05) is 18.6 Å². The van der Waals surface area contributed by atoms with E-state index in [1.54, 1.807) is 29.2 Å². The maximum absolute atomic E-state index is 13.5.